The number of nitrogens with two attached hydrogens (primary N) is 1. The molecule has 1 heterocycles. The molecule has 0 unspecified atom stereocenters. The molecular weight excluding hydrogens is 275 g/mol. The van der Waals surface area contributed by atoms with Crippen LogP contribution in [0.1, 0.15) is 11.1 Å². The van der Waals surface area contributed by atoms with Crippen LogP contribution in [0.2, 0.25) is 0 Å². The van der Waals surface area contributed by atoms with Gasteiger partial charge >= 0.3 is 6.03 Å². The molecule has 0 atom stereocenters. The van der Waals surface area contributed by atoms with Crippen molar-refractivity contribution < 1.29 is 13.9 Å². The molecule has 0 aliphatic rings. The first-order chi connectivity index (χ1) is 10.1. The first-order valence-corrected chi connectivity index (χ1v) is 6.20. The number of halogens is 1. The molecule has 0 radical (unpaired) electrons. The van der Waals surface area contributed by atoms with Crippen LogP contribution in [0.3, 0.4) is 0 Å². The third-order valence-corrected chi connectivity index (χ3v) is 2.86. The van der Waals surface area contributed by atoms with Gasteiger partial charge in [-0.1, -0.05) is 6.07 Å². The lowest BCUT2D eigenvalue weighted by molar-refractivity contribution is 0.252. The van der Waals surface area contributed by atoms with Crippen molar-refractivity contribution in [2.24, 2.45) is 5.84 Å². The number of anilines is 1. The van der Waals surface area contributed by atoms with E-state index in [1.165, 1.54) is 12.1 Å². The van der Waals surface area contributed by atoms with Crippen molar-refractivity contribution in [1.29, 1.82) is 0 Å². The van der Waals surface area contributed by atoms with Crippen LogP contribution in [-0.2, 0) is 6.61 Å². The van der Waals surface area contributed by atoms with Gasteiger partial charge < -0.3 is 10.1 Å². The maximum absolute atomic E-state index is 13.9. The van der Waals surface area contributed by atoms with Crippen LogP contribution in [0.25, 0.3) is 0 Å². The van der Waals surface area contributed by atoms with Gasteiger partial charge in [-0.3, -0.25) is 10.4 Å². The summed E-state index contributed by atoms with van der Waals surface area (Å²) >= 11 is 0. The SMILES string of the molecule is Cc1ccncc1OCc1c(F)cccc1NC(=O)NN. The lowest BCUT2D eigenvalue weighted by Gasteiger charge is -2.13. The molecule has 2 rings (SSSR count). The van der Waals surface area contributed by atoms with Gasteiger partial charge in [-0.25, -0.2) is 15.0 Å². The Bertz CT molecular complexity index is 649. The molecule has 0 aliphatic heterocycles. The fourth-order valence-corrected chi connectivity index (χ4v) is 1.73. The van der Waals surface area contributed by atoms with Crippen LogP contribution in [-0.4, -0.2) is 11.0 Å². The first-order valence-electron chi connectivity index (χ1n) is 6.20. The lowest BCUT2D eigenvalue weighted by Crippen LogP contribution is -2.34. The summed E-state index contributed by atoms with van der Waals surface area (Å²) in [6.07, 6.45) is 3.19. The summed E-state index contributed by atoms with van der Waals surface area (Å²) in [4.78, 5) is 15.2. The highest BCUT2D eigenvalue weighted by molar-refractivity contribution is 5.89. The molecule has 4 N–H and O–H groups in total. The number of ether oxygens (including phenoxy) is 1. The van der Waals surface area contributed by atoms with Crippen molar-refractivity contribution in [2.45, 2.75) is 13.5 Å². The van der Waals surface area contributed by atoms with E-state index in [-0.39, 0.29) is 12.2 Å². The topological polar surface area (TPSA) is 89.3 Å². The minimum atomic E-state index is -0.639. The normalized spacial score (nSPS) is 10.0. The number of hydrogen-bond acceptors (Lipinski definition) is 4. The molecule has 0 fully saturated rings. The lowest BCUT2D eigenvalue weighted by atomic mass is 10.1. The average Bonchev–Trinajstić information content (AvgIpc) is 2.48. The quantitative estimate of drug-likeness (QED) is 0.457. The molecule has 1 aromatic heterocycles. The second-order valence-electron chi connectivity index (χ2n) is 4.29. The molecule has 0 saturated heterocycles. The second kappa shape index (κ2) is 6.67. The number of nitrogens with zero attached hydrogens (tertiary/aromatic N) is 1. The van der Waals surface area contributed by atoms with Gasteiger partial charge in [0.25, 0.3) is 0 Å². The Morgan fingerprint density at radius 1 is 1.43 bits per heavy atom. The van der Waals surface area contributed by atoms with Crippen molar-refractivity contribution in [3.63, 3.8) is 0 Å². The molecular formula is C14H15FN4O2. The zero-order chi connectivity index (χ0) is 15.2. The number of hydrazine groups is 1. The molecule has 110 valence electrons. The van der Waals surface area contributed by atoms with E-state index in [0.29, 0.717) is 11.4 Å². The third kappa shape index (κ3) is 3.67. The minimum Gasteiger partial charge on any atom is -0.487 e. The standard InChI is InChI=1S/C14H15FN4O2/c1-9-5-6-17-7-13(9)21-8-10-11(15)3-2-4-12(10)18-14(20)19-16/h2-7H,8,16H2,1H3,(H2,18,19,20). The Balaban J connectivity index is 2.19. The van der Waals surface area contributed by atoms with Crippen LogP contribution < -0.4 is 21.3 Å². The Hall–Kier alpha value is -2.67. The van der Waals surface area contributed by atoms with E-state index >= 15 is 0 Å². The first kappa shape index (κ1) is 14.7. The number of benzene rings is 1. The maximum Gasteiger partial charge on any atom is 0.333 e. The van der Waals surface area contributed by atoms with Gasteiger partial charge in [-0.2, -0.15) is 0 Å². The molecule has 0 saturated carbocycles. The van der Waals surface area contributed by atoms with Crippen molar-refractivity contribution >= 4 is 11.7 Å². The summed E-state index contributed by atoms with van der Waals surface area (Å²) in [5, 5.41) is 2.44. The number of pyridine rings is 1. The van der Waals surface area contributed by atoms with Gasteiger partial charge in [0.05, 0.1) is 11.9 Å². The van der Waals surface area contributed by atoms with Crippen LogP contribution >= 0.6 is 0 Å². The van der Waals surface area contributed by atoms with Gasteiger partial charge in [0, 0.05) is 11.8 Å². The summed E-state index contributed by atoms with van der Waals surface area (Å²) in [7, 11) is 0. The zero-order valence-electron chi connectivity index (χ0n) is 11.4. The van der Waals surface area contributed by atoms with E-state index in [9.17, 15) is 9.18 Å². The van der Waals surface area contributed by atoms with Gasteiger partial charge in [-0.05, 0) is 30.7 Å². The van der Waals surface area contributed by atoms with Crippen LogP contribution in [0.5, 0.6) is 5.75 Å². The Kier molecular flexibility index (Phi) is 4.68. The summed E-state index contributed by atoms with van der Waals surface area (Å²) < 4.78 is 19.5. The minimum absolute atomic E-state index is 0.0423. The van der Waals surface area contributed by atoms with Crippen molar-refractivity contribution in [3.8, 4) is 5.75 Å². The molecule has 0 spiro atoms. The van der Waals surface area contributed by atoms with E-state index in [2.05, 4.69) is 10.3 Å². The molecule has 2 amide bonds. The summed E-state index contributed by atoms with van der Waals surface area (Å²) in [5.74, 6) is 5.07. The smallest absolute Gasteiger partial charge is 0.333 e. The Morgan fingerprint density at radius 3 is 2.95 bits per heavy atom. The fourth-order valence-electron chi connectivity index (χ4n) is 1.73. The molecule has 6 nitrogen and oxygen atoms in total. The van der Waals surface area contributed by atoms with E-state index in [1.807, 2.05) is 12.3 Å². The maximum atomic E-state index is 13.9. The van der Waals surface area contributed by atoms with Crippen molar-refractivity contribution in [3.05, 3.63) is 53.6 Å². The molecule has 21 heavy (non-hydrogen) atoms. The van der Waals surface area contributed by atoms with Crippen molar-refractivity contribution in [2.75, 3.05) is 5.32 Å². The van der Waals surface area contributed by atoms with Crippen LogP contribution in [0.15, 0.2) is 36.7 Å². The largest absolute Gasteiger partial charge is 0.487 e. The van der Waals surface area contributed by atoms with Crippen LogP contribution in [0, 0.1) is 12.7 Å². The molecule has 0 bridgehead atoms. The second-order valence-corrected chi connectivity index (χ2v) is 4.29. The third-order valence-electron chi connectivity index (χ3n) is 2.86. The number of aryl methyl sites for hydroxylation is 1. The van der Waals surface area contributed by atoms with Gasteiger partial charge in [0.2, 0.25) is 0 Å². The highest BCUT2D eigenvalue weighted by Crippen LogP contribution is 2.22. The van der Waals surface area contributed by atoms with E-state index in [0.717, 1.165) is 5.56 Å². The van der Waals surface area contributed by atoms with Gasteiger partial charge in [0.15, 0.2) is 0 Å². The monoisotopic (exact) mass is 290 g/mol. The fraction of sp³-hybridized carbons (Fsp3) is 0.143. The highest BCUT2D eigenvalue weighted by Gasteiger charge is 2.12. The predicted octanol–water partition coefficient (Wildman–Crippen LogP) is 2.10. The summed E-state index contributed by atoms with van der Waals surface area (Å²) in [5.41, 5.74) is 3.32. The number of hydrogen-bond donors (Lipinski definition) is 3. The highest BCUT2D eigenvalue weighted by atomic mass is 19.1. The predicted molar refractivity (Wildman–Crippen MR) is 76.0 cm³/mol. The number of carbonyl (C=O) groups excluding carboxylic acids is 1. The van der Waals surface area contributed by atoms with E-state index in [1.54, 1.807) is 24.5 Å². The Labute approximate surface area is 121 Å². The number of carbonyl (C=O) groups is 1. The van der Waals surface area contributed by atoms with Gasteiger partial charge in [-0.15, -0.1) is 0 Å². The molecule has 1 aromatic carbocycles. The molecule has 0 aliphatic carbocycles. The van der Waals surface area contributed by atoms with Gasteiger partial charge in [0.1, 0.15) is 18.2 Å². The molecule has 2 aromatic rings. The number of aromatic nitrogens is 1. The number of rotatable bonds is 4. The number of urea groups is 1. The number of amides is 2. The van der Waals surface area contributed by atoms with E-state index in [4.69, 9.17) is 10.6 Å². The Morgan fingerprint density at radius 2 is 2.24 bits per heavy atom. The van der Waals surface area contributed by atoms with Crippen molar-refractivity contribution in [1.82, 2.24) is 10.4 Å². The average molecular weight is 290 g/mol. The summed E-state index contributed by atoms with van der Waals surface area (Å²) in [6.45, 7) is 1.82. The number of nitrogens with one attached hydrogen (secondary N) is 2. The molecule has 7 heteroatoms. The van der Waals surface area contributed by atoms with E-state index < -0.39 is 11.8 Å². The summed E-state index contributed by atoms with van der Waals surface area (Å²) in [6, 6.07) is 5.49. The van der Waals surface area contributed by atoms with Crippen LogP contribution in [0.4, 0.5) is 14.9 Å². The zero-order valence-corrected chi connectivity index (χ0v) is 11.4.